The lowest BCUT2D eigenvalue weighted by atomic mass is 9.98. The van der Waals surface area contributed by atoms with Crippen molar-refractivity contribution in [3.05, 3.63) is 35.7 Å². The van der Waals surface area contributed by atoms with Crippen LogP contribution in [0.1, 0.15) is 90.6 Å². The fourth-order valence-corrected chi connectivity index (χ4v) is 6.19. The highest BCUT2D eigenvalue weighted by atomic mass is 31.2. The number of ether oxygens (including phenoxy) is 1. The van der Waals surface area contributed by atoms with Crippen LogP contribution in [0.25, 0.3) is 22.2 Å². The van der Waals surface area contributed by atoms with Crippen molar-refractivity contribution in [2.45, 2.75) is 84.8 Å². The molecule has 0 saturated carbocycles. The largest absolute Gasteiger partial charge is 0.475 e. The van der Waals surface area contributed by atoms with Gasteiger partial charge in [-0.2, -0.15) is 0 Å². The van der Waals surface area contributed by atoms with Crippen LogP contribution in [-0.4, -0.2) is 52.3 Å². The smallest absolute Gasteiger partial charge is 0.373 e. The normalized spacial score (nSPS) is 15.7. The van der Waals surface area contributed by atoms with Crippen LogP contribution in [-0.2, 0) is 28.5 Å². The minimum atomic E-state index is -3.90. The predicted octanol–water partition coefficient (Wildman–Crippen LogP) is 7.15. The van der Waals surface area contributed by atoms with Crippen LogP contribution in [0, 0.1) is 5.82 Å². The molecule has 0 radical (unpaired) electrons. The van der Waals surface area contributed by atoms with E-state index in [1.165, 1.54) is 12.4 Å². The molecular formula is C29H42FN6O6P. The van der Waals surface area contributed by atoms with Crippen molar-refractivity contribution in [2.75, 3.05) is 31.7 Å². The molecule has 0 aliphatic carbocycles. The molecule has 1 saturated heterocycles. The van der Waals surface area contributed by atoms with Crippen LogP contribution in [0.15, 0.2) is 18.5 Å². The highest BCUT2D eigenvalue weighted by molar-refractivity contribution is 7.48. The first kappa shape index (κ1) is 32.9. The van der Waals surface area contributed by atoms with E-state index in [1.807, 2.05) is 13.8 Å². The van der Waals surface area contributed by atoms with Crippen LogP contribution >= 0.6 is 7.82 Å². The molecule has 43 heavy (non-hydrogen) atoms. The fourth-order valence-electron chi connectivity index (χ4n) is 4.66. The lowest BCUT2D eigenvalue weighted by Gasteiger charge is -2.28. The number of carbonyl (C=O) groups excluding carboxylic acids is 1. The monoisotopic (exact) mass is 620 g/mol. The minimum Gasteiger partial charge on any atom is -0.373 e. The number of anilines is 1. The number of phosphoric acid groups is 1. The third-order valence-electron chi connectivity index (χ3n) is 6.91. The molecule has 0 bridgehead atoms. The second-order valence-corrected chi connectivity index (χ2v) is 12.4. The molecular weight excluding hydrogens is 578 g/mol. The summed E-state index contributed by atoms with van der Waals surface area (Å²) in [5.74, 6) is -0.0834. The summed E-state index contributed by atoms with van der Waals surface area (Å²) in [5.41, 5.74) is 0.638. The highest BCUT2D eigenvalue weighted by Gasteiger charge is 2.38. The summed E-state index contributed by atoms with van der Waals surface area (Å²) in [5, 5.41) is 5.29. The standard InChI is InChI=1S/C29H42FN6O6P/c1-6-9-14-40-43(38,41-15-10-7-2)42-29(4,5)26-32-17-19(18-33-26)20-16-21-25(23(24(20)30)22-12-11-13-39-22)35-27(34-21)36-28(37)31-8-3/h16-18,22H,6-15H2,1-5H3,(H3,31,34,35,36,37)/t22-/m1/s1. The highest BCUT2D eigenvalue weighted by Crippen LogP contribution is 2.54. The van der Waals surface area contributed by atoms with Gasteiger partial charge in [0.2, 0.25) is 5.95 Å². The quantitative estimate of drug-likeness (QED) is 0.119. The van der Waals surface area contributed by atoms with Gasteiger partial charge in [-0.05, 0) is 52.5 Å². The number of aromatic amines is 1. The van der Waals surface area contributed by atoms with Gasteiger partial charge in [0.1, 0.15) is 11.4 Å². The van der Waals surface area contributed by atoms with Gasteiger partial charge in [-0.25, -0.2) is 28.7 Å². The van der Waals surface area contributed by atoms with E-state index in [4.69, 9.17) is 18.3 Å². The van der Waals surface area contributed by atoms with Gasteiger partial charge in [-0.1, -0.05) is 26.7 Å². The number of carbonyl (C=O) groups is 1. The molecule has 1 aromatic carbocycles. The topological polar surface area (TPSA) is 150 Å². The Morgan fingerprint density at radius 1 is 1.16 bits per heavy atom. The summed E-state index contributed by atoms with van der Waals surface area (Å²) in [7, 11) is -3.90. The van der Waals surface area contributed by atoms with Crippen LogP contribution in [0.2, 0.25) is 0 Å². The number of aromatic nitrogens is 4. The molecule has 3 aromatic rings. The van der Waals surface area contributed by atoms with Crippen molar-refractivity contribution in [3.63, 3.8) is 0 Å². The van der Waals surface area contributed by atoms with Crippen molar-refractivity contribution in [2.24, 2.45) is 0 Å². The summed E-state index contributed by atoms with van der Waals surface area (Å²) < 4.78 is 52.6. The van der Waals surface area contributed by atoms with E-state index in [2.05, 4.69) is 30.6 Å². The van der Waals surface area contributed by atoms with Gasteiger partial charge in [0.15, 0.2) is 5.82 Å². The van der Waals surface area contributed by atoms with E-state index in [9.17, 15) is 9.36 Å². The maximum absolute atomic E-state index is 16.2. The lowest BCUT2D eigenvalue weighted by molar-refractivity contribution is 0.0234. The third kappa shape index (κ3) is 8.16. The molecule has 2 amide bonds. The number of halogens is 1. The number of fused-ring (bicyclic) bond motifs is 1. The van der Waals surface area contributed by atoms with E-state index < -0.39 is 31.4 Å². The molecule has 236 valence electrons. The number of hydrogen-bond acceptors (Lipinski definition) is 9. The van der Waals surface area contributed by atoms with E-state index in [-0.39, 0.29) is 30.5 Å². The number of imidazole rings is 1. The number of nitrogens with zero attached hydrogens (tertiary/aromatic N) is 3. The molecule has 4 rings (SSSR count). The molecule has 0 unspecified atom stereocenters. The first-order valence-electron chi connectivity index (χ1n) is 14.9. The van der Waals surface area contributed by atoms with Crippen LogP contribution in [0.5, 0.6) is 0 Å². The molecule has 14 heteroatoms. The Morgan fingerprint density at radius 3 is 2.42 bits per heavy atom. The first-order valence-corrected chi connectivity index (χ1v) is 16.4. The number of unbranched alkanes of at least 4 members (excludes halogenated alkanes) is 2. The van der Waals surface area contributed by atoms with Crippen molar-refractivity contribution in [1.29, 1.82) is 0 Å². The van der Waals surface area contributed by atoms with Gasteiger partial charge in [0.05, 0.1) is 30.4 Å². The van der Waals surface area contributed by atoms with Crippen molar-refractivity contribution in [3.8, 4) is 11.1 Å². The number of benzene rings is 1. The van der Waals surface area contributed by atoms with Crippen molar-refractivity contribution in [1.82, 2.24) is 25.3 Å². The van der Waals surface area contributed by atoms with E-state index in [1.54, 1.807) is 26.8 Å². The number of amides is 2. The number of rotatable bonds is 15. The lowest BCUT2D eigenvalue weighted by Crippen LogP contribution is -2.28. The Morgan fingerprint density at radius 2 is 1.84 bits per heavy atom. The third-order valence-corrected chi connectivity index (χ3v) is 8.58. The number of urea groups is 1. The summed E-state index contributed by atoms with van der Waals surface area (Å²) in [6, 6.07) is 1.18. The van der Waals surface area contributed by atoms with Gasteiger partial charge in [-0.3, -0.25) is 18.9 Å². The molecule has 12 nitrogen and oxygen atoms in total. The molecule has 3 heterocycles. The maximum atomic E-state index is 16.2. The van der Waals surface area contributed by atoms with Crippen LogP contribution < -0.4 is 10.6 Å². The minimum absolute atomic E-state index is 0.189. The average molecular weight is 621 g/mol. The molecule has 1 fully saturated rings. The molecule has 1 aliphatic rings. The SMILES string of the molecule is CCCCOP(=O)(OCCCC)OC(C)(C)c1ncc(-c2cc3[nH]c(NC(=O)NCC)nc3c([C@H]3CCCO3)c2F)cn1. The van der Waals surface area contributed by atoms with E-state index >= 15 is 4.39 Å². The van der Waals surface area contributed by atoms with Crippen molar-refractivity contribution >= 4 is 30.8 Å². The molecule has 0 spiro atoms. The second-order valence-electron chi connectivity index (χ2n) is 10.8. The molecule has 1 aliphatic heterocycles. The van der Waals surface area contributed by atoms with Gasteiger partial charge in [-0.15, -0.1) is 0 Å². The molecule has 3 N–H and O–H groups in total. The summed E-state index contributed by atoms with van der Waals surface area (Å²) in [4.78, 5) is 28.5. The molecule has 2 aromatic heterocycles. The van der Waals surface area contributed by atoms with Crippen LogP contribution in [0.4, 0.5) is 15.1 Å². The van der Waals surface area contributed by atoms with E-state index in [0.29, 0.717) is 54.6 Å². The maximum Gasteiger partial charge on any atom is 0.475 e. The van der Waals surface area contributed by atoms with Gasteiger partial charge >= 0.3 is 13.9 Å². The van der Waals surface area contributed by atoms with Gasteiger partial charge in [0, 0.05) is 42.2 Å². The Kier molecular flexibility index (Phi) is 11.2. The van der Waals surface area contributed by atoms with Gasteiger partial charge in [0.25, 0.3) is 0 Å². The number of H-pyrrole nitrogens is 1. The average Bonchev–Trinajstić information content (AvgIpc) is 3.63. The number of nitrogens with one attached hydrogen (secondary N) is 3. The zero-order chi connectivity index (χ0) is 31.0. The second kappa shape index (κ2) is 14.7. The van der Waals surface area contributed by atoms with Gasteiger partial charge < -0.3 is 15.0 Å². The summed E-state index contributed by atoms with van der Waals surface area (Å²) in [6.07, 6.45) is 7.08. The predicted molar refractivity (Wildman–Crippen MR) is 161 cm³/mol. The number of hydrogen-bond donors (Lipinski definition) is 3. The zero-order valence-electron chi connectivity index (χ0n) is 25.5. The Bertz CT molecular complexity index is 1410. The van der Waals surface area contributed by atoms with Crippen LogP contribution in [0.3, 0.4) is 0 Å². The zero-order valence-corrected chi connectivity index (χ0v) is 26.4. The van der Waals surface area contributed by atoms with Crippen molar-refractivity contribution < 1.29 is 32.1 Å². The Labute approximate surface area is 251 Å². The Balaban J connectivity index is 1.64. The number of phosphoric ester groups is 1. The first-order chi connectivity index (χ1) is 20.6. The van der Waals surface area contributed by atoms with E-state index in [0.717, 1.165) is 19.3 Å². The fraction of sp³-hybridized carbons (Fsp3) is 0.586. The Hall–Kier alpha value is -2.96. The summed E-state index contributed by atoms with van der Waals surface area (Å²) >= 11 is 0. The molecule has 1 atom stereocenters. The summed E-state index contributed by atoms with van der Waals surface area (Å²) in [6.45, 7) is 10.6.